The fraction of sp³-hybridized carbons (Fsp3) is 0.462. The second-order valence-corrected chi connectivity index (χ2v) is 9.41. The van der Waals surface area contributed by atoms with E-state index in [0.717, 1.165) is 17.3 Å². The largest absolute Gasteiger partial charge is 0.366 e. The molecule has 0 bridgehead atoms. The van der Waals surface area contributed by atoms with Crippen LogP contribution in [0.2, 0.25) is 0 Å². The molecule has 5 nitrogen and oxygen atoms in total. The Hall–Kier alpha value is -2.53. The van der Waals surface area contributed by atoms with Crippen molar-refractivity contribution < 1.29 is 4.79 Å². The molecule has 0 atom stereocenters. The number of nitrogens with zero attached hydrogens (tertiary/aromatic N) is 1. The van der Waals surface area contributed by atoms with Crippen LogP contribution in [0.15, 0.2) is 48.5 Å². The van der Waals surface area contributed by atoms with Crippen molar-refractivity contribution in [3.8, 4) is 0 Å². The van der Waals surface area contributed by atoms with E-state index in [0.29, 0.717) is 23.7 Å². The van der Waals surface area contributed by atoms with Crippen LogP contribution in [0.3, 0.4) is 0 Å². The molecule has 1 heterocycles. The van der Waals surface area contributed by atoms with Crippen molar-refractivity contribution in [3.05, 3.63) is 66.3 Å². The van der Waals surface area contributed by atoms with E-state index >= 15 is 0 Å². The van der Waals surface area contributed by atoms with Crippen molar-refractivity contribution in [2.75, 3.05) is 10.2 Å². The van der Waals surface area contributed by atoms with E-state index in [-0.39, 0.29) is 5.91 Å². The van der Waals surface area contributed by atoms with E-state index in [4.69, 9.17) is 5.73 Å². The second kappa shape index (κ2) is 8.91. The number of hydrogen-bond acceptors (Lipinski definition) is 4. The number of anilines is 2. The van der Waals surface area contributed by atoms with Crippen LogP contribution in [0.25, 0.3) is 0 Å². The molecule has 5 rings (SSSR count). The standard InChI is InChI=1S/C26H33N4O/c27-26(31)20-8-15-25-24(16-20)28-17-30(25)23-13-11-22(12-14-23)29-21-9-6-19(7-10-21)18-4-2-1-3-5-18/h1-5,8,15-17,19,21-23,28-29H,6-7,9-14H2,(H2,27,31). The van der Waals surface area contributed by atoms with Crippen LogP contribution in [-0.2, 0) is 0 Å². The molecule has 3 aliphatic rings. The predicted octanol–water partition coefficient (Wildman–Crippen LogP) is 4.76. The first-order valence-electron chi connectivity index (χ1n) is 11.8. The average Bonchev–Trinajstić information content (AvgIpc) is 3.24. The minimum absolute atomic E-state index is 0.382. The summed E-state index contributed by atoms with van der Waals surface area (Å²) in [7, 11) is 0. The molecule has 5 heteroatoms. The molecule has 1 amide bonds. The zero-order valence-corrected chi connectivity index (χ0v) is 18.1. The van der Waals surface area contributed by atoms with Crippen molar-refractivity contribution in [2.24, 2.45) is 5.73 Å². The van der Waals surface area contributed by atoms with Gasteiger partial charge in [-0.2, -0.15) is 0 Å². The Kier molecular flexibility index (Phi) is 5.86. The highest BCUT2D eigenvalue weighted by Crippen LogP contribution is 2.39. The summed E-state index contributed by atoms with van der Waals surface area (Å²) >= 11 is 0. The maximum Gasteiger partial charge on any atom is 0.248 e. The summed E-state index contributed by atoms with van der Waals surface area (Å²) in [4.78, 5) is 13.8. The van der Waals surface area contributed by atoms with Crippen LogP contribution >= 0.6 is 0 Å². The number of benzene rings is 2. The summed E-state index contributed by atoms with van der Waals surface area (Å²) in [5, 5.41) is 7.30. The van der Waals surface area contributed by atoms with Gasteiger partial charge in [0.1, 0.15) is 6.67 Å². The van der Waals surface area contributed by atoms with Gasteiger partial charge in [-0.05, 0) is 81.0 Å². The number of nitrogens with two attached hydrogens (primary N) is 1. The Morgan fingerprint density at radius 2 is 1.58 bits per heavy atom. The first kappa shape index (κ1) is 20.4. The number of hydrogen-bond donors (Lipinski definition) is 3. The molecule has 2 aliphatic carbocycles. The lowest BCUT2D eigenvalue weighted by Gasteiger charge is -2.38. The molecular formula is C26H33N4O. The summed E-state index contributed by atoms with van der Waals surface area (Å²) in [6, 6.07) is 18.5. The van der Waals surface area contributed by atoms with Crippen LogP contribution in [0.4, 0.5) is 11.4 Å². The number of carbonyl (C=O) groups is 1. The van der Waals surface area contributed by atoms with Crippen molar-refractivity contribution in [3.63, 3.8) is 0 Å². The molecular weight excluding hydrogens is 384 g/mol. The van der Waals surface area contributed by atoms with Gasteiger partial charge in [0.25, 0.3) is 0 Å². The zero-order valence-electron chi connectivity index (χ0n) is 18.1. The van der Waals surface area contributed by atoms with Gasteiger partial charge in [0.2, 0.25) is 5.91 Å². The third-order valence-corrected chi connectivity index (χ3v) is 7.48. The zero-order chi connectivity index (χ0) is 21.2. The number of carbonyl (C=O) groups excluding carboxylic acids is 1. The van der Waals surface area contributed by atoms with Gasteiger partial charge in [-0.15, -0.1) is 0 Å². The van der Waals surface area contributed by atoms with E-state index in [2.05, 4.69) is 52.5 Å². The molecule has 1 radical (unpaired) electrons. The quantitative estimate of drug-likeness (QED) is 0.656. The maximum absolute atomic E-state index is 11.4. The smallest absolute Gasteiger partial charge is 0.248 e. The van der Waals surface area contributed by atoms with Gasteiger partial charge in [0.15, 0.2) is 0 Å². The lowest BCUT2D eigenvalue weighted by molar-refractivity contribution is 0.100. The fourth-order valence-electron chi connectivity index (χ4n) is 5.71. The molecule has 2 aromatic carbocycles. The van der Waals surface area contributed by atoms with Crippen LogP contribution < -0.4 is 21.3 Å². The molecule has 2 aromatic rings. The van der Waals surface area contributed by atoms with Crippen molar-refractivity contribution in [1.29, 1.82) is 0 Å². The van der Waals surface area contributed by atoms with E-state index in [9.17, 15) is 4.79 Å². The van der Waals surface area contributed by atoms with Gasteiger partial charge >= 0.3 is 0 Å². The van der Waals surface area contributed by atoms with Crippen LogP contribution in [0, 0.1) is 6.67 Å². The molecule has 0 saturated heterocycles. The third-order valence-electron chi connectivity index (χ3n) is 7.48. The number of nitrogens with one attached hydrogen (secondary N) is 2. The molecule has 1 aliphatic heterocycles. The Labute approximate surface area is 185 Å². The Morgan fingerprint density at radius 1 is 0.903 bits per heavy atom. The van der Waals surface area contributed by atoms with E-state index in [1.165, 1.54) is 56.9 Å². The Bertz CT molecular complexity index is 899. The molecule has 2 saturated carbocycles. The van der Waals surface area contributed by atoms with Crippen molar-refractivity contribution in [2.45, 2.75) is 75.4 Å². The summed E-state index contributed by atoms with van der Waals surface area (Å²) < 4.78 is 0. The first-order valence-corrected chi connectivity index (χ1v) is 11.8. The minimum Gasteiger partial charge on any atom is -0.366 e. The summed E-state index contributed by atoms with van der Waals surface area (Å²) in [5.74, 6) is 0.357. The summed E-state index contributed by atoms with van der Waals surface area (Å²) in [5.41, 5.74) is 9.62. The Morgan fingerprint density at radius 3 is 2.26 bits per heavy atom. The van der Waals surface area contributed by atoms with Crippen LogP contribution in [0.5, 0.6) is 0 Å². The van der Waals surface area contributed by atoms with E-state index in [1.54, 1.807) is 0 Å². The minimum atomic E-state index is -0.382. The van der Waals surface area contributed by atoms with E-state index < -0.39 is 0 Å². The topological polar surface area (TPSA) is 70.4 Å². The molecule has 0 aromatic heterocycles. The highest BCUT2D eigenvalue weighted by Gasteiger charge is 2.32. The van der Waals surface area contributed by atoms with Crippen LogP contribution in [-0.4, -0.2) is 24.0 Å². The summed E-state index contributed by atoms with van der Waals surface area (Å²) in [6.07, 6.45) is 10.0. The highest BCUT2D eigenvalue weighted by molar-refractivity contribution is 5.96. The number of primary amides is 1. The lowest BCUT2D eigenvalue weighted by Crippen LogP contribution is -2.45. The van der Waals surface area contributed by atoms with Gasteiger partial charge < -0.3 is 21.3 Å². The number of fused-ring (bicyclic) bond motifs is 1. The first-order chi connectivity index (χ1) is 15.2. The Balaban J connectivity index is 1.10. The number of rotatable bonds is 5. The SMILES string of the molecule is NC(=O)c1ccc2c(c1)N[CH]N2C1CCC(NC2CCC(c3ccccc3)CC2)CC1. The maximum atomic E-state index is 11.4. The van der Waals surface area contributed by atoms with Crippen LogP contribution in [0.1, 0.15) is 73.2 Å². The van der Waals surface area contributed by atoms with Gasteiger partial charge in [-0.1, -0.05) is 30.3 Å². The molecule has 0 unspecified atom stereocenters. The lowest BCUT2D eigenvalue weighted by atomic mass is 9.81. The van der Waals surface area contributed by atoms with Gasteiger partial charge in [0, 0.05) is 23.7 Å². The molecule has 31 heavy (non-hydrogen) atoms. The van der Waals surface area contributed by atoms with Gasteiger partial charge in [-0.3, -0.25) is 4.79 Å². The van der Waals surface area contributed by atoms with Crippen molar-refractivity contribution >= 4 is 17.3 Å². The molecule has 0 spiro atoms. The van der Waals surface area contributed by atoms with Crippen molar-refractivity contribution in [1.82, 2.24) is 5.32 Å². The predicted molar refractivity (Wildman–Crippen MR) is 126 cm³/mol. The summed E-state index contributed by atoms with van der Waals surface area (Å²) in [6.45, 7) is 2.05. The third kappa shape index (κ3) is 4.42. The normalized spacial score (nSPS) is 28.1. The average molecular weight is 418 g/mol. The fourth-order valence-corrected chi connectivity index (χ4v) is 5.71. The molecule has 2 fully saturated rings. The molecule has 163 valence electrons. The monoisotopic (exact) mass is 417 g/mol. The highest BCUT2D eigenvalue weighted by atomic mass is 16.1. The molecule has 4 N–H and O–H groups in total. The number of amides is 1. The van der Waals surface area contributed by atoms with E-state index in [1.807, 2.05) is 18.2 Å². The van der Waals surface area contributed by atoms with Gasteiger partial charge in [-0.25, -0.2) is 0 Å². The van der Waals surface area contributed by atoms with Gasteiger partial charge in [0.05, 0.1) is 11.4 Å². The second-order valence-electron chi connectivity index (χ2n) is 9.41.